The quantitative estimate of drug-likeness (QED) is 0.824. The molecule has 0 saturated carbocycles. The fraction of sp³-hybridized carbons (Fsp3) is 0.500. The van der Waals surface area contributed by atoms with Gasteiger partial charge < -0.3 is 19.9 Å². The fourth-order valence-electron chi connectivity index (χ4n) is 3.22. The van der Waals surface area contributed by atoms with Gasteiger partial charge in [-0.2, -0.15) is 0 Å². The number of amides is 2. The Morgan fingerprint density at radius 2 is 1.69 bits per heavy atom. The van der Waals surface area contributed by atoms with Crippen LogP contribution in [0.1, 0.15) is 45.1 Å². The monoisotopic (exact) mass is 397 g/mol. The number of ether oxygens (including phenoxy) is 1. The van der Waals surface area contributed by atoms with Crippen LogP contribution in [0.2, 0.25) is 0 Å². The molecule has 1 N–H and O–H groups in total. The van der Waals surface area contributed by atoms with Crippen molar-refractivity contribution in [1.29, 1.82) is 0 Å². The van der Waals surface area contributed by atoms with Crippen molar-refractivity contribution in [3.05, 3.63) is 41.9 Å². The van der Waals surface area contributed by atoms with Gasteiger partial charge in [0.2, 0.25) is 0 Å². The summed E-state index contributed by atoms with van der Waals surface area (Å²) in [7, 11) is 0. The lowest BCUT2D eigenvalue weighted by Crippen LogP contribution is -2.50. The maximum Gasteiger partial charge on any atom is 0.321 e. The van der Waals surface area contributed by atoms with E-state index in [2.05, 4.69) is 29.0 Å². The minimum absolute atomic E-state index is 0.0797. The molecule has 0 spiro atoms. The Morgan fingerprint density at radius 1 is 1.03 bits per heavy atom. The molecule has 1 aliphatic heterocycles. The molecule has 29 heavy (non-hydrogen) atoms. The third-order valence-corrected chi connectivity index (χ3v) is 4.74. The van der Waals surface area contributed by atoms with Crippen molar-refractivity contribution in [3.8, 4) is 5.75 Å². The molecule has 0 radical (unpaired) electrons. The summed E-state index contributed by atoms with van der Waals surface area (Å²) in [4.78, 5) is 25.9. The van der Waals surface area contributed by atoms with E-state index in [9.17, 15) is 4.79 Å². The summed E-state index contributed by atoms with van der Waals surface area (Å²) in [6.45, 7) is 13.0. The summed E-state index contributed by atoms with van der Waals surface area (Å²) in [6, 6.07) is 9.41. The van der Waals surface area contributed by atoms with Crippen LogP contribution in [0.4, 0.5) is 16.3 Å². The van der Waals surface area contributed by atoms with Crippen LogP contribution in [0.3, 0.4) is 0 Å². The summed E-state index contributed by atoms with van der Waals surface area (Å²) in [5, 5.41) is 2.97. The molecule has 0 unspecified atom stereocenters. The minimum Gasteiger partial charge on any atom is -0.491 e. The zero-order valence-corrected chi connectivity index (χ0v) is 18.0. The largest absolute Gasteiger partial charge is 0.491 e. The predicted octanol–water partition coefficient (Wildman–Crippen LogP) is 4.05. The normalized spacial score (nSPS) is 14.4. The Hall–Kier alpha value is -2.83. The number of nitrogens with zero attached hydrogens (tertiary/aromatic N) is 4. The Morgan fingerprint density at radius 3 is 2.28 bits per heavy atom. The molecule has 0 aliphatic carbocycles. The second kappa shape index (κ2) is 9.11. The van der Waals surface area contributed by atoms with E-state index >= 15 is 0 Å². The van der Waals surface area contributed by atoms with Gasteiger partial charge in [0.25, 0.3) is 0 Å². The van der Waals surface area contributed by atoms with Gasteiger partial charge in [0.05, 0.1) is 6.10 Å². The van der Waals surface area contributed by atoms with E-state index in [-0.39, 0.29) is 18.1 Å². The first-order valence-corrected chi connectivity index (χ1v) is 10.2. The molecule has 7 nitrogen and oxygen atoms in total. The van der Waals surface area contributed by atoms with Gasteiger partial charge in [-0.15, -0.1) is 0 Å². The number of aromatic nitrogens is 2. The molecule has 156 valence electrons. The lowest BCUT2D eigenvalue weighted by atomic mass is 10.2. The Bertz CT molecular complexity index is 828. The van der Waals surface area contributed by atoms with Crippen molar-refractivity contribution in [2.24, 2.45) is 0 Å². The first-order valence-electron chi connectivity index (χ1n) is 10.2. The average molecular weight is 398 g/mol. The molecule has 1 fully saturated rings. The van der Waals surface area contributed by atoms with Gasteiger partial charge in [0, 0.05) is 49.5 Å². The highest BCUT2D eigenvalue weighted by Crippen LogP contribution is 2.20. The molecule has 0 bridgehead atoms. The highest BCUT2D eigenvalue weighted by Gasteiger charge is 2.23. The first kappa shape index (κ1) is 20.9. The van der Waals surface area contributed by atoms with Crippen molar-refractivity contribution in [2.45, 2.75) is 46.6 Å². The topological polar surface area (TPSA) is 70.6 Å². The second-order valence-corrected chi connectivity index (χ2v) is 7.98. The smallest absolute Gasteiger partial charge is 0.321 e. The van der Waals surface area contributed by atoms with Gasteiger partial charge >= 0.3 is 6.03 Å². The SMILES string of the molecule is Cc1cc(N2CCN(C(=O)Nc3ccc(OC(C)C)cc3)CC2)nc(C(C)C)n1. The maximum absolute atomic E-state index is 12.6. The molecule has 3 rings (SSSR count). The van der Waals surface area contributed by atoms with Crippen LogP contribution in [0.25, 0.3) is 0 Å². The van der Waals surface area contributed by atoms with Crippen molar-refractivity contribution in [2.75, 3.05) is 36.4 Å². The molecule has 1 saturated heterocycles. The lowest BCUT2D eigenvalue weighted by Gasteiger charge is -2.35. The molecule has 1 aliphatic rings. The molecule has 1 aromatic heterocycles. The minimum atomic E-state index is -0.0797. The molecule has 2 amide bonds. The van der Waals surface area contributed by atoms with Crippen LogP contribution in [-0.4, -0.2) is 53.2 Å². The van der Waals surface area contributed by atoms with E-state index in [0.29, 0.717) is 13.1 Å². The van der Waals surface area contributed by atoms with Crippen LogP contribution in [0.15, 0.2) is 30.3 Å². The van der Waals surface area contributed by atoms with Gasteiger partial charge in [-0.3, -0.25) is 0 Å². The maximum atomic E-state index is 12.6. The van der Waals surface area contributed by atoms with Crippen molar-refractivity contribution >= 4 is 17.5 Å². The van der Waals surface area contributed by atoms with E-state index in [1.165, 1.54) is 0 Å². The number of hydrogen-bond acceptors (Lipinski definition) is 5. The third-order valence-electron chi connectivity index (χ3n) is 4.74. The number of benzene rings is 1. The molecule has 2 heterocycles. The van der Waals surface area contributed by atoms with E-state index in [4.69, 9.17) is 9.72 Å². The van der Waals surface area contributed by atoms with Crippen LogP contribution in [0.5, 0.6) is 5.75 Å². The average Bonchev–Trinajstić information content (AvgIpc) is 2.68. The molecule has 2 aromatic rings. The van der Waals surface area contributed by atoms with Gasteiger partial charge in [-0.25, -0.2) is 14.8 Å². The number of aryl methyl sites for hydroxylation is 1. The number of hydrogen-bond donors (Lipinski definition) is 1. The fourth-order valence-corrected chi connectivity index (χ4v) is 3.22. The summed E-state index contributed by atoms with van der Waals surface area (Å²) < 4.78 is 5.64. The van der Waals surface area contributed by atoms with Crippen molar-refractivity contribution in [1.82, 2.24) is 14.9 Å². The summed E-state index contributed by atoms with van der Waals surface area (Å²) in [5.41, 5.74) is 1.74. The van der Waals surface area contributed by atoms with Crippen LogP contribution in [0, 0.1) is 6.92 Å². The van der Waals surface area contributed by atoms with Crippen LogP contribution in [-0.2, 0) is 0 Å². The van der Waals surface area contributed by atoms with Crippen molar-refractivity contribution in [3.63, 3.8) is 0 Å². The number of carbonyl (C=O) groups excluding carboxylic acids is 1. The van der Waals surface area contributed by atoms with E-state index < -0.39 is 0 Å². The second-order valence-electron chi connectivity index (χ2n) is 7.98. The number of anilines is 2. The van der Waals surface area contributed by atoms with Crippen LogP contribution >= 0.6 is 0 Å². The van der Waals surface area contributed by atoms with Gasteiger partial charge in [-0.05, 0) is 45.0 Å². The Balaban J connectivity index is 1.56. The zero-order chi connectivity index (χ0) is 21.0. The third kappa shape index (κ3) is 5.59. The van der Waals surface area contributed by atoms with Crippen LogP contribution < -0.4 is 15.0 Å². The Labute approximate surface area is 173 Å². The number of piperazine rings is 1. The Kier molecular flexibility index (Phi) is 6.56. The summed E-state index contributed by atoms with van der Waals surface area (Å²) >= 11 is 0. The van der Waals surface area contributed by atoms with Crippen molar-refractivity contribution < 1.29 is 9.53 Å². The van der Waals surface area contributed by atoms with Gasteiger partial charge in [-0.1, -0.05) is 13.8 Å². The number of rotatable bonds is 5. The molecule has 0 atom stereocenters. The highest BCUT2D eigenvalue weighted by atomic mass is 16.5. The number of nitrogens with one attached hydrogen (secondary N) is 1. The highest BCUT2D eigenvalue weighted by molar-refractivity contribution is 5.89. The van der Waals surface area contributed by atoms with E-state index in [1.807, 2.05) is 56.0 Å². The van der Waals surface area contributed by atoms with E-state index in [1.54, 1.807) is 0 Å². The summed E-state index contributed by atoms with van der Waals surface area (Å²) in [6.07, 6.45) is 0.127. The first-order chi connectivity index (χ1) is 13.8. The number of urea groups is 1. The molecular weight excluding hydrogens is 366 g/mol. The number of carbonyl (C=O) groups is 1. The zero-order valence-electron chi connectivity index (χ0n) is 18.0. The molecule has 7 heteroatoms. The summed E-state index contributed by atoms with van der Waals surface area (Å²) in [5.74, 6) is 2.90. The lowest BCUT2D eigenvalue weighted by molar-refractivity contribution is 0.208. The molecular formula is C22H31N5O2. The van der Waals surface area contributed by atoms with E-state index in [0.717, 1.165) is 41.9 Å². The van der Waals surface area contributed by atoms with Gasteiger partial charge in [0.1, 0.15) is 17.4 Å². The standard InChI is InChI=1S/C22H31N5O2/c1-15(2)21-23-17(5)14-20(25-21)26-10-12-27(13-11-26)22(28)24-18-6-8-19(9-7-18)29-16(3)4/h6-9,14-16H,10-13H2,1-5H3,(H,24,28). The predicted molar refractivity (Wildman–Crippen MR) is 116 cm³/mol. The molecule has 1 aromatic carbocycles. The van der Waals surface area contributed by atoms with Gasteiger partial charge in [0.15, 0.2) is 0 Å².